The summed E-state index contributed by atoms with van der Waals surface area (Å²) in [6.07, 6.45) is 2.92. The summed E-state index contributed by atoms with van der Waals surface area (Å²) in [6.45, 7) is 7.92. The lowest BCUT2D eigenvalue weighted by Gasteiger charge is -2.27. The number of hydrogen-bond acceptors (Lipinski definition) is 6. The number of aromatic nitrogens is 2. The molecule has 1 N–H and O–H groups in total. The smallest absolute Gasteiger partial charge is 0.226 e. The Bertz CT molecular complexity index is 396. The Kier molecular flexibility index (Phi) is 5.94. The van der Waals surface area contributed by atoms with Crippen molar-refractivity contribution in [1.82, 2.24) is 20.4 Å². The van der Waals surface area contributed by atoms with Crippen molar-refractivity contribution in [2.24, 2.45) is 0 Å². The first-order chi connectivity index (χ1) is 9.69. The van der Waals surface area contributed by atoms with Gasteiger partial charge in [-0.3, -0.25) is 0 Å². The molecular formula is C14H26N4O2. The average molecular weight is 282 g/mol. The second-order valence-electron chi connectivity index (χ2n) is 5.56. The highest BCUT2D eigenvalue weighted by Gasteiger charge is 2.24. The van der Waals surface area contributed by atoms with Crippen LogP contribution in [0.25, 0.3) is 0 Å². The highest BCUT2D eigenvalue weighted by molar-refractivity contribution is 4.94. The van der Waals surface area contributed by atoms with Crippen LogP contribution in [0.2, 0.25) is 0 Å². The number of nitrogens with one attached hydrogen (secondary N) is 1. The number of likely N-dealkylation sites (N-methyl/N-ethyl adjacent to an activating group) is 1. The van der Waals surface area contributed by atoms with E-state index >= 15 is 0 Å². The molecule has 1 aromatic rings. The molecule has 0 amide bonds. The molecule has 114 valence electrons. The fourth-order valence-electron chi connectivity index (χ4n) is 2.27. The van der Waals surface area contributed by atoms with E-state index < -0.39 is 0 Å². The van der Waals surface area contributed by atoms with Crippen molar-refractivity contribution in [2.45, 2.75) is 45.3 Å². The molecule has 0 aliphatic carbocycles. The summed E-state index contributed by atoms with van der Waals surface area (Å²) < 4.78 is 11.0. The molecule has 2 unspecified atom stereocenters. The Labute approximate surface area is 120 Å². The van der Waals surface area contributed by atoms with Gasteiger partial charge in [-0.1, -0.05) is 12.1 Å². The van der Waals surface area contributed by atoms with Gasteiger partial charge in [0.2, 0.25) is 11.7 Å². The molecule has 1 fully saturated rings. The number of ether oxygens (including phenoxy) is 1. The first kappa shape index (κ1) is 15.4. The van der Waals surface area contributed by atoms with Crippen LogP contribution in [0.1, 0.15) is 44.5 Å². The third-order valence-electron chi connectivity index (χ3n) is 3.58. The van der Waals surface area contributed by atoms with Gasteiger partial charge in [-0.15, -0.1) is 0 Å². The summed E-state index contributed by atoms with van der Waals surface area (Å²) in [6, 6.07) is 0.474. The van der Waals surface area contributed by atoms with E-state index in [0.717, 1.165) is 45.5 Å². The molecule has 0 radical (unpaired) electrons. The molecule has 0 saturated carbocycles. The summed E-state index contributed by atoms with van der Waals surface area (Å²) in [4.78, 5) is 6.69. The molecule has 1 aliphatic rings. The maximum atomic E-state index is 5.69. The van der Waals surface area contributed by atoms with E-state index in [2.05, 4.69) is 41.3 Å². The average Bonchev–Trinajstić information content (AvgIpc) is 2.92. The Morgan fingerprint density at radius 3 is 3.10 bits per heavy atom. The van der Waals surface area contributed by atoms with E-state index in [9.17, 15) is 0 Å². The highest BCUT2D eigenvalue weighted by Crippen LogP contribution is 2.19. The quantitative estimate of drug-likeness (QED) is 0.815. The van der Waals surface area contributed by atoms with Crippen LogP contribution in [0.4, 0.5) is 0 Å². The van der Waals surface area contributed by atoms with Gasteiger partial charge in [-0.2, -0.15) is 4.98 Å². The van der Waals surface area contributed by atoms with E-state index in [4.69, 9.17) is 9.26 Å². The standard InChI is InChI=1S/C14H26N4O2/c1-4-7-15-11(2)5-6-13-16-14(17-20-13)12-10-18(3)8-9-19-12/h11-12,15H,4-10H2,1-3H3. The highest BCUT2D eigenvalue weighted by atomic mass is 16.5. The maximum absolute atomic E-state index is 5.69. The Morgan fingerprint density at radius 1 is 1.50 bits per heavy atom. The van der Waals surface area contributed by atoms with Gasteiger partial charge in [-0.25, -0.2) is 0 Å². The topological polar surface area (TPSA) is 63.4 Å². The minimum Gasteiger partial charge on any atom is -0.367 e. The summed E-state index contributed by atoms with van der Waals surface area (Å²) in [5, 5.41) is 7.51. The first-order valence-corrected chi connectivity index (χ1v) is 7.55. The van der Waals surface area contributed by atoms with E-state index in [1.165, 1.54) is 0 Å². The van der Waals surface area contributed by atoms with Crippen LogP contribution >= 0.6 is 0 Å². The fourth-order valence-corrected chi connectivity index (χ4v) is 2.27. The second-order valence-corrected chi connectivity index (χ2v) is 5.56. The van der Waals surface area contributed by atoms with Gasteiger partial charge in [0.25, 0.3) is 0 Å². The zero-order valence-corrected chi connectivity index (χ0v) is 12.8. The fraction of sp³-hybridized carbons (Fsp3) is 0.857. The van der Waals surface area contributed by atoms with Crippen LogP contribution in [0.5, 0.6) is 0 Å². The molecule has 1 aromatic heterocycles. The van der Waals surface area contributed by atoms with Gasteiger partial charge >= 0.3 is 0 Å². The second kappa shape index (κ2) is 7.71. The summed E-state index contributed by atoms with van der Waals surface area (Å²) >= 11 is 0. The van der Waals surface area contributed by atoms with E-state index in [-0.39, 0.29) is 6.10 Å². The van der Waals surface area contributed by atoms with Crippen molar-refractivity contribution in [2.75, 3.05) is 33.3 Å². The molecular weight excluding hydrogens is 256 g/mol. The molecule has 0 aromatic carbocycles. The predicted octanol–water partition coefficient (Wildman–Crippen LogP) is 1.39. The van der Waals surface area contributed by atoms with Gasteiger partial charge in [-0.05, 0) is 33.4 Å². The molecule has 6 heteroatoms. The van der Waals surface area contributed by atoms with Crippen molar-refractivity contribution in [1.29, 1.82) is 0 Å². The Balaban J connectivity index is 1.79. The van der Waals surface area contributed by atoms with Crippen molar-refractivity contribution in [3.8, 4) is 0 Å². The van der Waals surface area contributed by atoms with E-state index in [1.807, 2.05) is 0 Å². The van der Waals surface area contributed by atoms with E-state index in [1.54, 1.807) is 0 Å². The molecule has 0 spiro atoms. The van der Waals surface area contributed by atoms with Crippen molar-refractivity contribution < 1.29 is 9.26 Å². The minimum atomic E-state index is -0.0538. The van der Waals surface area contributed by atoms with Gasteiger partial charge in [0.15, 0.2) is 0 Å². The van der Waals surface area contributed by atoms with Crippen LogP contribution in [0.3, 0.4) is 0 Å². The van der Waals surface area contributed by atoms with E-state index in [0.29, 0.717) is 17.8 Å². The number of aryl methyl sites for hydroxylation is 1. The summed E-state index contributed by atoms with van der Waals surface area (Å²) in [5.74, 6) is 1.39. The molecule has 2 atom stereocenters. The lowest BCUT2D eigenvalue weighted by atomic mass is 10.2. The predicted molar refractivity (Wildman–Crippen MR) is 76.6 cm³/mol. The molecule has 1 saturated heterocycles. The Morgan fingerprint density at radius 2 is 2.35 bits per heavy atom. The summed E-state index contributed by atoms with van der Waals surface area (Å²) in [5.41, 5.74) is 0. The largest absolute Gasteiger partial charge is 0.367 e. The van der Waals surface area contributed by atoms with Gasteiger partial charge in [0.1, 0.15) is 6.10 Å². The van der Waals surface area contributed by atoms with Gasteiger partial charge < -0.3 is 19.5 Å². The summed E-state index contributed by atoms with van der Waals surface area (Å²) in [7, 11) is 2.08. The van der Waals surface area contributed by atoms with Crippen LogP contribution in [-0.4, -0.2) is 54.4 Å². The zero-order valence-electron chi connectivity index (χ0n) is 12.8. The molecule has 2 rings (SSSR count). The van der Waals surface area contributed by atoms with Gasteiger partial charge in [0.05, 0.1) is 6.61 Å². The van der Waals surface area contributed by atoms with Crippen LogP contribution < -0.4 is 5.32 Å². The monoisotopic (exact) mass is 282 g/mol. The van der Waals surface area contributed by atoms with Crippen LogP contribution in [0.15, 0.2) is 4.52 Å². The number of morpholine rings is 1. The molecule has 0 bridgehead atoms. The number of nitrogens with zero attached hydrogens (tertiary/aromatic N) is 3. The molecule has 2 heterocycles. The minimum absolute atomic E-state index is 0.0538. The third kappa shape index (κ3) is 4.54. The van der Waals surface area contributed by atoms with Crippen molar-refractivity contribution in [3.05, 3.63) is 11.7 Å². The first-order valence-electron chi connectivity index (χ1n) is 7.55. The third-order valence-corrected chi connectivity index (χ3v) is 3.58. The van der Waals surface area contributed by atoms with Crippen LogP contribution in [0, 0.1) is 0 Å². The Hall–Kier alpha value is -0.980. The SMILES string of the molecule is CCCNC(C)CCc1nc(C2CN(C)CCO2)no1. The van der Waals surface area contributed by atoms with Gasteiger partial charge in [0, 0.05) is 25.6 Å². The van der Waals surface area contributed by atoms with Crippen molar-refractivity contribution >= 4 is 0 Å². The molecule has 20 heavy (non-hydrogen) atoms. The van der Waals surface area contributed by atoms with Crippen LogP contribution in [-0.2, 0) is 11.2 Å². The molecule has 1 aliphatic heterocycles. The number of hydrogen-bond donors (Lipinski definition) is 1. The number of rotatable bonds is 7. The van der Waals surface area contributed by atoms with Crippen molar-refractivity contribution in [3.63, 3.8) is 0 Å². The zero-order chi connectivity index (χ0) is 14.4. The lowest BCUT2D eigenvalue weighted by molar-refractivity contribution is -0.0264. The lowest BCUT2D eigenvalue weighted by Crippen LogP contribution is -2.35. The maximum Gasteiger partial charge on any atom is 0.226 e. The normalized spacial score (nSPS) is 22.1. The molecule has 6 nitrogen and oxygen atoms in total.